The van der Waals surface area contributed by atoms with Crippen LogP contribution in [-0.2, 0) is 19.7 Å². The molecule has 0 unspecified atom stereocenters. The highest BCUT2D eigenvalue weighted by molar-refractivity contribution is 6.42. The van der Waals surface area contributed by atoms with Gasteiger partial charge in [0.05, 0.1) is 28.0 Å². The second-order valence-corrected chi connectivity index (χ2v) is 9.78. The minimum atomic E-state index is -0.541. The molecule has 3 amide bonds. The van der Waals surface area contributed by atoms with E-state index in [4.69, 9.17) is 27.9 Å². The van der Waals surface area contributed by atoms with Crippen molar-refractivity contribution in [3.8, 4) is 5.69 Å². The molecule has 2 aromatic rings. The number of carbonyl (C=O) groups is 3. The first-order valence-electron chi connectivity index (χ1n) is 11.5. The molecule has 11 heteroatoms. The van der Waals surface area contributed by atoms with Gasteiger partial charge in [0.1, 0.15) is 18.9 Å². The number of nitrogens with zero attached hydrogens (tertiary/aromatic N) is 3. The van der Waals surface area contributed by atoms with E-state index in [2.05, 4.69) is 15.7 Å². The van der Waals surface area contributed by atoms with E-state index < -0.39 is 17.9 Å². The van der Waals surface area contributed by atoms with E-state index in [0.717, 1.165) is 12.1 Å². The fourth-order valence-electron chi connectivity index (χ4n) is 3.08. The van der Waals surface area contributed by atoms with Gasteiger partial charge in [-0.1, -0.05) is 57.3 Å². The zero-order chi connectivity index (χ0) is 26.2. The monoisotopic (exact) mass is 525 g/mol. The van der Waals surface area contributed by atoms with Crippen LogP contribution in [0.2, 0.25) is 10.0 Å². The first-order valence-corrected chi connectivity index (χ1v) is 12.3. The number of urea groups is 1. The van der Waals surface area contributed by atoms with E-state index in [9.17, 15) is 14.4 Å². The number of esters is 1. The van der Waals surface area contributed by atoms with E-state index in [1.807, 2.05) is 27.7 Å². The Morgan fingerprint density at radius 2 is 1.83 bits per heavy atom. The number of anilines is 1. The van der Waals surface area contributed by atoms with Gasteiger partial charge >= 0.3 is 12.0 Å². The van der Waals surface area contributed by atoms with Crippen LogP contribution >= 0.6 is 23.2 Å². The van der Waals surface area contributed by atoms with E-state index in [1.165, 1.54) is 4.90 Å². The Morgan fingerprint density at radius 3 is 2.43 bits per heavy atom. The molecule has 1 heterocycles. The lowest BCUT2D eigenvalue weighted by Crippen LogP contribution is -2.46. The van der Waals surface area contributed by atoms with Crippen LogP contribution in [0.1, 0.15) is 53.2 Å². The van der Waals surface area contributed by atoms with Gasteiger partial charge in [-0.2, -0.15) is 5.10 Å². The van der Waals surface area contributed by atoms with Gasteiger partial charge in [0.25, 0.3) is 0 Å². The molecule has 0 saturated carbocycles. The van der Waals surface area contributed by atoms with Gasteiger partial charge in [-0.3, -0.25) is 9.59 Å². The van der Waals surface area contributed by atoms with Gasteiger partial charge in [0, 0.05) is 18.0 Å². The quantitative estimate of drug-likeness (QED) is 0.433. The number of benzene rings is 1. The van der Waals surface area contributed by atoms with Crippen molar-refractivity contribution >= 4 is 46.9 Å². The average Bonchev–Trinajstić information content (AvgIpc) is 3.21. The second-order valence-electron chi connectivity index (χ2n) is 8.96. The molecule has 2 rings (SSSR count). The molecule has 0 aliphatic rings. The van der Waals surface area contributed by atoms with Crippen LogP contribution < -0.4 is 10.6 Å². The van der Waals surface area contributed by atoms with Crippen LogP contribution in [0.4, 0.5) is 10.6 Å². The Morgan fingerprint density at radius 1 is 1.11 bits per heavy atom. The Labute approximate surface area is 216 Å². The minimum Gasteiger partial charge on any atom is -0.465 e. The van der Waals surface area contributed by atoms with Crippen molar-refractivity contribution < 1.29 is 19.1 Å². The van der Waals surface area contributed by atoms with Crippen molar-refractivity contribution in [1.29, 1.82) is 0 Å². The van der Waals surface area contributed by atoms with Crippen LogP contribution in [0.3, 0.4) is 0 Å². The summed E-state index contributed by atoms with van der Waals surface area (Å²) in [6, 6.07) is 6.34. The summed E-state index contributed by atoms with van der Waals surface area (Å²) in [7, 11) is 0. The third kappa shape index (κ3) is 8.43. The molecule has 0 saturated heterocycles. The van der Waals surface area contributed by atoms with Gasteiger partial charge in [0.15, 0.2) is 0 Å². The maximum absolute atomic E-state index is 13.0. The molecule has 9 nitrogen and oxygen atoms in total. The topological polar surface area (TPSA) is 106 Å². The molecule has 0 aliphatic heterocycles. The Balaban J connectivity index is 2.23. The van der Waals surface area contributed by atoms with Crippen LogP contribution in [-0.4, -0.2) is 58.8 Å². The molecule has 0 fully saturated rings. The number of halogens is 2. The molecule has 35 heavy (non-hydrogen) atoms. The number of ether oxygens (including phenoxy) is 1. The summed E-state index contributed by atoms with van der Waals surface area (Å²) in [6.07, 6.45) is 1.54. The standard InChI is InChI=1S/C24H33Cl2N5O4/c1-6-8-11-30(23(34)27-14-22(33)35-7-2)15-21(32)28-20-13-19(24(3,4)5)29-31(20)16-9-10-17(25)18(26)12-16/h9-10,12-13H,6-8,11,14-15H2,1-5H3,(H,27,34)(H,28,32). The lowest BCUT2D eigenvalue weighted by molar-refractivity contribution is -0.141. The molecule has 192 valence electrons. The van der Waals surface area contributed by atoms with Crippen molar-refractivity contribution in [2.45, 2.75) is 52.9 Å². The molecule has 0 aliphatic carbocycles. The summed E-state index contributed by atoms with van der Waals surface area (Å²) in [5.74, 6) is -0.518. The average molecular weight is 526 g/mol. The largest absolute Gasteiger partial charge is 0.465 e. The molecular weight excluding hydrogens is 493 g/mol. The number of hydrogen-bond acceptors (Lipinski definition) is 5. The fourth-order valence-corrected chi connectivity index (χ4v) is 3.37. The third-order valence-electron chi connectivity index (χ3n) is 4.99. The van der Waals surface area contributed by atoms with Crippen molar-refractivity contribution in [2.75, 3.05) is 31.6 Å². The van der Waals surface area contributed by atoms with Gasteiger partial charge in [-0.25, -0.2) is 9.48 Å². The molecule has 2 N–H and O–H groups in total. The summed E-state index contributed by atoms with van der Waals surface area (Å²) >= 11 is 12.3. The Kier molecular flexibility index (Phi) is 10.4. The van der Waals surface area contributed by atoms with Gasteiger partial charge < -0.3 is 20.3 Å². The van der Waals surface area contributed by atoms with Crippen molar-refractivity contribution in [3.63, 3.8) is 0 Å². The van der Waals surface area contributed by atoms with Gasteiger partial charge in [-0.05, 0) is 31.5 Å². The van der Waals surface area contributed by atoms with Crippen LogP contribution in [0.25, 0.3) is 5.69 Å². The Hall–Kier alpha value is -2.78. The summed E-state index contributed by atoms with van der Waals surface area (Å²) < 4.78 is 6.42. The van der Waals surface area contributed by atoms with E-state index >= 15 is 0 Å². The molecule has 0 spiro atoms. The van der Waals surface area contributed by atoms with E-state index in [0.29, 0.717) is 34.5 Å². The molecule has 0 radical (unpaired) electrons. The van der Waals surface area contributed by atoms with Crippen molar-refractivity contribution in [3.05, 3.63) is 40.0 Å². The number of aromatic nitrogens is 2. The highest BCUT2D eigenvalue weighted by atomic mass is 35.5. The van der Waals surface area contributed by atoms with Crippen LogP contribution in [0.15, 0.2) is 24.3 Å². The highest BCUT2D eigenvalue weighted by Crippen LogP contribution is 2.29. The maximum Gasteiger partial charge on any atom is 0.325 e. The fraction of sp³-hybridized carbons (Fsp3) is 0.500. The summed E-state index contributed by atoms with van der Waals surface area (Å²) in [5, 5.41) is 10.8. The van der Waals surface area contributed by atoms with E-state index in [1.54, 1.807) is 35.9 Å². The Bertz CT molecular complexity index is 1050. The van der Waals surface area contributed by atoms with Gasteiger partial charge in [-0.15, -0.1) is 0 Å². The summed E-state index contributed by atoms with van der Waals surface area (Å²) in [4.78, 5) is 38.6. The SMILES string of the molecule is CCCCN(CC(=O)Nc1cc(C(C)(C)C)nn1-c1ccc(Cl)c(Cl)c1)C(=O)NCC(=O)OCC. The first-order chi connectivity index (χ1) is 16.5. The molecule has 0 atom stereocenters. The number of amides is 3. The molecule has 1 aromatic carbocycles. The zero-order valence-corrected chi connectivity index (χ0v) is 22.3. The number of nitrogens with one attached hydrogen (secondary N) is 2. The van der Waals surface area contributed by atoms with Crippen LogP contribution in [0.5, 0.6) is 0 Å². The predicted molar refractivity (Wildman–Crippen MR) is 137 cm³/mol. The first kappa shape index (κ1) is 28.5. The summed E-state index contributed by atoms with van der Waals surface area (Å²) in [5.41, 5.74) is 1.11. The van der Waals surface area contributed by atoms with E-state index in [-0.39, 0.29) is 25.1 Å². The lowest BCUT2D eigenvalue weighted by atomic mass is 9.92. The summed E-state index contributed by atoms with van der Waals surface area (Å²) in [6.45, 7) is 9.82. The van der Waals surface area contributed by atoms with Crippen molar-refractivity contribution in [1.82, 2.24) is 20.0 Å². The number of hydrogen-bond donors (Lipinski definition) is 2. The zero-order valence-electron chi connectivity index (χ0n) is 20.8. The van der Waals surface area contributed by atoms with Crippen molar-refractivity contribution in [2.24, 2.45) is 0 Å². The lowest BCUT2D eigenvalue weighted by Gasteiger charge is -2.22. The third-order valence-corrected chi connectivity index (χ3v) is 5.72. The highest BCUT2D eigenvalue weighted by Gasteiger charge is 2.23. The normalized spacial score (nSPS) is 11.2. The van der Waals surface area contributed by atoms with Crippen LogP contribution in [0, 0.1) is 0 Å². The molecule has 0 bridgehead atoms. The number of rotatable bonds is 10. The minimum absolute atomic E-state index is 0.202. The number of unbranched alkanes of at least 4 members (excludes halogenated alkanes) is 1. The second kappa shape index (κ2) is 12.8. The molecule has 1 aromatic heterocycles. The molecular formula is C24H33Cl2N5O4. The number of carbonyl (C=O) groups excluding carboxylic acids is 3. The predicted octanol–water partition coefficient (Wildman–Crippen LogP) is 4.79. The van der Waals surface area contributed by atoms with Gasteiger partial charge in [0.2, 0.25) is 5.91 Å². The maximum atomic E-state index is 13.0. The smallest absolute Gasteiger partial charge is 0.325 e.